The summed E-state index contributed by atoms with van der Waals surface area (Å²) in [6.45, 7) is 3.92. The predicted octanol–water partition coefficient (Wildman–Crippen LogP) is 0.705. The molecule has 0 atom stereocenters. The van der Waals surface area contributed by atoms with E-state index in [1.165, 1.54) is 0 Å². The van der Waals surface area contributed by atoms with Crippen molar-refractivity contribution in [1.82, 2.24) is 15.5 Å². The Morgan fingerprint density at radius 1 is 1.54 bits per heavy atom. The number of rotatable bonds is 3. The monoisotopic (exact) mass is 181 g/mol. The van der Waals surface area contributed by atoms with Gasteiger partial charge in [0, 0.05) is 19.2 Å². The van der Waals surface area contributed by atoms with E-state index in [0.717, 1.165) is 23.4 Å². The molecule has 1 heterocycles. The lowest BCUT2D eigenvalue weighted by Crippen LogP contribution is -2.18. The lowest BCUT2D eigenvalue weighted by Gasteiger charge is -2.00. The number of hydrogen-bond donors (Lipinski definition) is 2. The summed E-state index contributed by atoms with van der Waals surface area (Å²) in [6.07, 6.45) is 1.28. The molecule has 0 saturated heterocycles. The first-order valence-electron chi connectivity index (χ1n) is 4.36. The number of aryl methyl sites for hydroxylation is 2. The van der Waals surface area contributed by atoms with E-state index in [1.54, 1.807) is 7.05 Å². The highest BCUT2D eigenvalue weighted by molar-refractivity contribution is 5.75. The standard InChI is InChI=1S/C9H15N3O/c1-6-8(7(2)12-11-6)4-5-9(13)10-3/h4-5H2,1-3H3,(H,10,13)(H,11,12). The van der Waals surface area contributed by atoms with Crippen molar-refractivity contribution in [1.29, 1.82) is 0 Å². The third-order valence-corrected chi connectivity index (χ3v) is 2.16. The summed E-state index contributed by atoms with van der Waals surface area (Å²) in [4.78, 5) is 11.0. The number of carbonyl (C=O) groups excluding carboxylic acids is 1. The molecule has 1 aromatic heterocycles. The highest BCUT2D eigenvalue weighted by atomic mass is 16.1. The lowest BCUT2D eigenvalue weighted by molar-refractivity contribution is -0.120. The minimum Gasteiger partial charge on any atom is -0.359 e. The van der Waals surface area contributed by atoms with Gasteiger partial charge in [-0.2, -0.15) is 5.10 Å². The predicted molar refractivity (Wildman–Crippen MR) is 50.4 cm³/mol. The quantitative estimate of drug-likeness (QED) is 0.721. The normalized spacial score (nSPS) is 10.1. The molecule has 0 spiro atoms. The number of aromatic nitrogens is 2. The van der Waals surface area contributed by atoms with Crippen molar-refractivity contribution in [3.8, 4) is 0 Å². The molecule has 0 radical (unpaired) electrons. The van der Waals surface area contributed by atoms with Gasteiger partial charge in [-0.25, -0.2) is 0 Å². The molecule has 0 fully saturated rings. The fourth-order valence-corrected chi connectivity index (χ4v) is 1.31. The molecule has 0 aliphatic rings. The van der Waals surface area contributed by atoms with E-state index in [0.29, 0.717) is 6.42 Å². The molecule has 0 aromatic carbocycles. The summed E-state index contributed by atoms with van der Waals surface area (Å²) < 4.78 is 0. The summed E-state index contributed by atoms with van der Waals surface area (Å²) >= 11 is 0. The summed E-state index contributed by atoms with van der Waals surface area (Å²) in [6, 6.07) is 0. The second-order valence-corrected chi connectivity index (χ2v) is 3.09. The molecule has 0 unspecified atom stereocenters. The van der Waals surface area contributed by atoms with Crippen LogP contribution in [0.15, 0.2) is 0 Å². The van der Waals surface area contributed by atoms with Crippen LogP contribution in [0.3, 0.4) is 0 Å². The smallest absolute Gasteiger partial charge is 0.220 e. The van der Waals surface area contributed by atoms with Crippen molar-refractivity contribution in [3.63, 3.8) is 0 Å². The summed E-state index contributed by atoms with van der Waals surface area (Å²) in [5, 5.41) is 9.56. The molecule has 0 aliphatic carbocycles. The van der Waals surface area contributed by atoms with Gasteiger partial charge in [-0.05, 0) is 25.8 Å². The molecule has 0 saturated carbocycles. The van der Waals surface area contributed by atoms with E-state index >= 15 is 0 Å². The van der Waals surface area contributed by atoms with E-state index in [9.17, 15) is 4.79 Å². The van der Waals surface area contributed by atoms with Gasteiger partial charge >= 0.3 is 0 Å². The molecular formula is C9H15N3O. The Hall–Kier alpha value is -1.32. The van der Waals surface area contributed by atoms with Crippen molar-refractivity contribution in [2.24, 2.45) is 0 Å². The van der Waals surface area contributed by atoms with Crippen LogP contribution in [-0.2, 0) is 11.2 Å². The van der Waals surface area contributed by atoms with Gasteiger partial charge in [0.2, 0.25) is 5.91 Å². The highest BCUT2D eigenvalue weighted by Crippen LogP contribution is 2.11. The maximum atomic E-state index is 11.0. The Morgan fingerprint density at radius 3 is 2.69 bits per heavy atom. The van der Waals surface area contributed by atoms with Gasteiger partial charge in [0.1, 0.15) is 0 Å². The molecule has 4 nitrogen and oxygen atoms in total. The van der Waals surface area contributed by atoms with Crippen LogP contribution in [0.5, 0.6) is 0 Å². The average Bonchev–Trinajstić information content (AvgIpc) is 2.43. The van der Waals surface area contributed by atoms with Crippen molar-refractivity contribution < 1.29 is 4.79 Å². The van der Waals surface area contributed by atoms with Gasteiger partial charge in [-0.3, -0.25) is 9.89 Å². The molecular weight excluding hydrogens is 166 g/mol. The van der Waals surface area contributed by atoms with Gasteiger partial charge in [0.25, 0.3) is 0 Å². The molecule has 2 N–H and O–H groups in total. The topological polar surface area (TPSA) is 57.8 Å². The van der Waals surface area contributed by atoms with Gasteiger partial charge < -0.3 is 5.32 Å². The fourth-order valence-electron chi connectivity index (χ4n) is 1.31. The van der Waals surface area contributed by atoms with Crippen LogP contribution < -0.4 is 5.32 Å². The Labute approximate surface area is 77.7 Å². The third kappa shape index (κ3) is 2.31. The average molecular weight is 181 g/mol. The minimum absolute atomic E-state index is 0.0694. The van der Waals surface area contributed by atoms with Crippen LogP contribution in [0.4, 0.5) is 0 Å². The molecule has 0 aliphatic heterocycles. The molecule has 72 valence electrons. The van der Waals surface area contributed by atoms with E-state index in [-0.39, 0.29) is 5.91 Å². The number of nitrogens with zero attached hydrogens (tertiary/aromatic N) is 1. The molecule has 1 amide bonds. The zero-order valence-electron chi connectivity index (χ0n) is 8.27. The third-order valence-electron chi connectivity index (χ3n) is 2.16. The Balaban J connectivity index is 2.58. The van der Waals surface area contributed by atoms with Crippen LogP contribution in [-0.4, -0.2) is 23.2 Å². The van der Waals surface area contributed by atoms with E-state index in [4.69, 9.17) is 0 Å². The lowest BCUT2D eigenvalue weighted by atomic mass is 10.1. The minimum atomic E-state index is 0.0694. The highest BCUT2D eigenvalue weighted by Gasteiger charge is 2.07. The molecule has 1 rings (SSSR count). The fraction of sp³-hybridized carbons (Fsp3) is 0.556. The second-order valence-electron chi connectivity index (χ2n) is 3.09. The maximum absolute atomic E-state index is 11.0. The zero-order chi connectivity index (χ0) is 9.84. The van der Waals surface area contributed by atoms with Gasteiger partial charge in [0.05, 0.1) is 5.69 Å². The van der Waals surface area contributed by atoms with Gasteiger partial charge in [0.15, 0.2) is 0 Å². The molecule has 13 heavy (non-hydrogen) atoms. The van der Waals surface area contributed by atoms with Crippen molar-refractivity contribution in [2.45, 2.75) is 26.7 Å². The van der Waals surface area contributed by atoms with Crippen molar-refractivity contribution >= 4 is 5.91 Å². The Kier molecular flexibility index (Phi) is 3.06. The zero-order valence-corrected chi connectivity index (χ0v) is 8.27. The van der Waals surface area contributed by atoms with Crippen LogP contribution in [0.25, 0.3) is 0 Å². The van der Waals surface area contributed by atoms with Crippen molar-refractivity contribution in [2.75, 3.05) is 7.05 Å². The summed E-state index contributed by atoms with van der Waals surface area (Å²) in [5.74, 6) is 0.0694. The van der Waals surface area contributed by atoms with E-state index in [2.05, 4.69) is 15.5 Å². The van der Waals surface area contributed by atoms with Crippen molar-refractivity contribution in [3.05, 3.63) is 17.0 Å². The molecule has 1 aromatic rings. The van der Waals surface area contributed by atoms with E-state index in [1.807, 2.05) is 13.8 Å². The number of carbonyl (C=O) groups is 1. The van der Waals surface area contributed by atoms with Crippen LogP contribution in [0.2, 0.25) is 0 Å². The second kappa shape index (κ2) is 4.07. The molecule has 4 heteroatoms. The van der Waals surface area contributed by atoms with Gasteiger partial charge in [-0.1, -0.05) is 0 Å². The largest absolute Gasteiger partial charge is 0.359 e. The van der Waals surface area contributed by atoms with Gasteiger partial charge in [-0.15, -0.1) is 0 Å². The Bertz CT molecular complexity index is 284. The first kappa shape index (κ1) is 9.77. The molecule has 0 bridgehead atoms. The van der Waals surface area contributed by atoms with Crippen LogP contribution >= 0.6 is 0 Å². The SMILES string of the molecule is CNC(=O)CCc1c(C)n[nH]c1C. The number of aromatic amines is 1. The number of hydrogen-bond acceptors (Lipinski definition) is 2. The first-order valence-corrected chi connectivity index (χ1v) is 4.36. The van der Waals surface area contributed by atoms with Crippen LogP contribution in [0.1, 0.15) is 23.4 Å². The number of H-pyrrole nitrogens is 1. The Morgan fingerprint density at radius 2 is 2.23 bits per heavy atom. The number of nitrogens with one attached hydrogen (secondary N) is 2. The maximum Gasteiger partial charge on any atom is 0.220 e. The van der Waals surface area contributed by atoms with Crippen LogP contribution in [0, 0.1) is 13.8 Å². The summed E-state index contributed by atoms with van der Waals surface area (Å²) in [7, 11) is 1.65. The van der Waals surface area contributed by atoms with E-state index < -0.39 is 0 Å². The first-order chi connectivity index (χ1) is 6.15. The number of amides is 1. The summed E-state index contributed by atoms with van der Waals surface area (Å²) in [5.41, 5.74) is 3.20.